The molecule has 0 bridgehead atoms. The maximum Gasteiger partial charge on any atom is 0.260 e. The lowest BCUT2D eigenvalue weighted by Crippen LogP contribution is -2.57. The van der Waals surface area contributed by atoms with Gasteiger partial charge in [0.05, 0.1) is 5.39 Å². The fourth-order valence-corrected chi connectivity index (χ4v) is 4.64. The first-order valence-electron chi connectivity index (χ1n) is 9.40. The molecule has 2 aliphatic heterocycles. The molecular weight excluding hydrogens is 347 g/mol. The van der Waals surface area contributed by atoms with Crippen molar-refractivity contribution in [1.29, 1.82) is 0 Å². The molecule has 0 saturated carbocycles. The fraction of sp³-hybridized carbons (Fsp3) is 0. The fourth-order valence-electron chi connectivity index (χ4n) is 4.64. The predicted molar refractivity (Wildman–Crippen MR) is 111 cm³/mol. The van der Waals surface area contributed by atoms with Crippen LogP contribution in [0.1, 0.15) is 0 Å². The summed E-state index contributed by atoms with van der Waals surface area (Å²) in [6.45, 7) is 0.0814. The van der Waals surface area contributed by atoms with E-state index in [1.54, 1.807) is 0 Å². The normalized spacial score (nSPS) is 13.5. The number of ether oxygens (including phenoxy) is 2. The summed E-state index contributed by atoms with van der Waals surface area (Å²) in [6.07, 6.45) is 0. The molecule has 0 atom stereocenters. The second-order valence-electron chi connectivity index (χ2n) is 7.30. The van der Waals surface area contributed by atoms with Crippen molar-refractivity contribution in [2.24, 2.45) is 0 Å². The highest BCUT2D eigenvalue weighted by Crippen LogP contribution is 2.43. The summed E-state index contributed by atoms with van der Waals surface area (Å²) in [4.78, 5) is 0. The van der Waals surface area contributed by atoms with Gasteiger partial charge in [0.15, 0.2) is 0 Å². The number of rotatable bonds is 0. The molecule has 0 unspecified atom stereocenters. The summed E-state index contributed by atoms with van der Waals surface area (Å²) in [6, 6.07) is 26.6. The maximum absolute atomic E-state index is 6.48. The van der Waals surface area contributed by atoms with Gasteiger partial charge in [-0.3, -0.25) is 0 Å². The van der Waals surface area contributed by atoms with E-state index >= 15 is 0 Å². The molecule has 3 heterocycles. The largest absolute Gasteiger partial charge is 0.458 e. The Hall–Kier alpha value is -3.66. The minimum absolute atomic E-state index is 0.0814. The van der Waals surface area contributed by atoms with Crippen molar-refractivity contribution >= 4 is 45.0 Å². The molecule has 0 saturated heterocycles. The lowest BCUT2D eigenvalue weighted by molar-refractivity contribution is 0.467. The van der Waals surface area contributed by atoms with Crippen LogP contribution in [0.15, 0.2) is 83.3 Å². The molecule has 1 aromatic heterocycles. The minimum atomic E-state index is 0.0814. The minimum Gasteiger partial charge on any atom is -0.458 e. The van der Waals surface area contributed by atoms with E-state index in [2.05, 4.69) is 30.3 Å². The summed E-state index contributed by atoms with van der Waals surface area (Å²) >= 11 is 0. The number of para-hydroxylation sites is 3. The molecule has 0 N–H and O–H groups in total. The van der Waals surface area contributed by atoms with E-state index in [0.717, 1.165) is 50.4 Å². The summed E-state index contributed by atoms with van der Waals surface area (Å²) in [5, 5.41) is 2.07. The molecule has 0 spiro atoms. The quantitative estimate of drug-likeness (QED) is 0.378. The van der Waals surface area contributed by atoms with Gasteiger partial charge in [0.2, 0.25) is 0 Å². The first kappa shape index (κ1) is 14.4. The van der Waals surface area contributed by atoms with Crippen LogP contribution in [0.4, 0.5) is 0 Å². The SMILES string of the molecule is c1ccc2c(c1)Oc1cc3oc4ccccc4c3c3c1B2c1ccccc1O3. The van der Waals surface area contributed by atoms with Crippen LogP contribution < -0.4 is 25.9 Å². The van der Waals surface area contributed by atoms with Crippen molar-refractivity contribution in [2.45, 2.75) is 0 Å². The van der Waals surface area contributed by atoms with Gasteiger partial charge in [0.25, 0.3) is 6.71 Å². The molecule has 0 aliphatic carbocycles. The third kappa shape index (κ3) is 1.70. The van der Waals surface area contributed by atoms with Crippen LogP contribution in [0.3, 0.4) is 0 Å². The zero-order valence-corrected chi connectivity index (χ0v) is 14.8. The van der Waals surface area contributed by atoms with Gasteiger partial charge in [0, 0.05) is 16.9 Å². The average molecular weight is 360 g/mol. The van der Waals surface area contributed by atoms with Gasteiger partial charge in [-0.05, 0) is 29.1 Å². The van der Waals surface area contributed by atoms with Gasteiger partial charge < -0.3 is 13.9 Å². The van der Waals surface area contributed by atoms with Crippen LogP contribution >= 0.6 is 0 Å². The van der Waals surface area contributed by atoms with Gasteiger partial charge in [-0.1, -0.05) is 54.6 Å². The molecule has 7 rings (SSSR count). The molecule has 3 nitrogen and oxygen atoms in total. The van der Waals surface area contributed by atoms with E-state index < -0.39 is 0 Å². The number of fused-ring (bicyclic) bond motifs is 8. The van der Waals surface area contributed by atoms with E-state index in [4.69, 9.17) is 13.9 Å². The molecule has 28 heavy (non-hydrogen) atoms. The van der Waals surface area contributed by atoms with Crippen LogP contribution in [0.2, 0.25) is 0 Å². The lowest BCUT2D eigenvalue weighted by atomic mass is 9.35. The molecule has 4 aromatic carbocycles. The van der Waals surface area contributed by atoms with Gasteiger partial charge in [-0.25, -0.2) is 0 Å². The summed E-state index contributed by atoms with van der Waals surface area (Å²) < 4.78 is 18.9. The summed E-state index contributed by atoms with van der Waals surface area (Å²) in [7, 11) is 0. The monoisotopic (exact) mass is 360 g/mol. The highest BCUT2D eigenvalue weighted by molar-refractivity contribution is 6.98. The first-order chi connectivity index (χ1) is 13.9. The van der Waals surface area contributed by atoms with E-state index in [9.17, 15) is 0 Å². The van der Waals surface area contributed by atoms with E-state index in [-0.39, 0.29) is 6.71 Å². The van der Waals surface area contributed by atoms with Crippen molar-refractivity contribution in [1.82, 2.24) is 0 Å². The Labute approximate surface area is 161 Å². The maximum atomic E-state index is 6.48. The van der Waals surface area contributed by atoms with E-state index in [1.807, 2.05) is 48.5 Å². The number of hydrogen-bond acceptors (Lipinski definition) is 3. The third-order valence-electron chi connectivity index (χ3n) is 5.80. The van der Waals surface area contributed by atoms with Crippen LogP contribution in [-0.4, -0.2) is 6.71 Å². The topological polar surface area (TPSA) is 31.6 Å². The van der Waals surface area contributed by atoms with Crippen LogP contribution in [-0.2, 0) is 0 Å². The molecule has 130 valence electrons. The Bertz CT molecular complexity index is 1420. The molecule has 0 amide bonds. The molecular formula is C24H13BO3. The van der Waals surface area contributed by atoms with Crippen molar-refractivity contribution in [3.8, 4) is 23.0 Å². The molecule has 2 aliphatic rings. The van der Waals surface area contributed by atoms with Crippen molar-refractivity contribution in [3.63, 3.8) is 0 Å². The van der Waals surface area contributed by atoms with Crippen molar-refractivity contribution < 1.29 is 13.9 Å². The van der Waals surface area contributed by atoms with Crippen molar-refractivity contribution in [3.05, 3.63) is 78.9 Å². The van der Waals surface area contributed by atoms with Gasteiger partial charge in [-0.2, -0.15) is 0 Å². The van der Waals surface area contributed by atoms with E-state index in [1.165, 1.54) is 10.9 Å². The second kappa shape index (κ2) is 4.99. The number of hydrogen-bond donors (Lipinski definition) is 0. The van der Waals surface area contributed by atoms with E-state index in [0.29, 0.717) is 0 Å². The van der Waals surface area contributed by atoms with Crippen LogP contribution in [0.5, 0.6) is 23.0 Å². The molecule has 0 fully saturated rings. The third-order valence-corrected chi connectivity index (χ3v) is 5.80. The summed E-state index contributed by atoms with van der Waals surface area (Å²) in [5.74, 6) is 3.42. The Morgan fingerprint density at radius 3 is 2.11 bits per heavy atom. The highest BCUT2D eigenvalue weighted by Gasteiger charge is 2.41. The lowest BCUT2D eigenvalue weighted by Gasteiger charge is -2.33. The molecule has 0 radical (unpaired) electrons. The van der Waals surface area contributed by atoms with Crippen LogP contribution in [0, 0.1) is 0 Å². The first-order valence-corrected chi connectivity index (χ1v) is 9.40. The molecule has 5 aromatic rings. The predicted octanol–water partition coefficient (Wildman–Crippen LogP) is 4.31. The zero-order chi connectivity index (χ0) is 18.2. The van der Waals surface area contributed by atoms with Crippen LogP contribution in [0.25, 0.3) is 21.9 Å². The standard InChI is InChI=1S/C24H13BO3/c1-4-10-17-14(7-1)22-20(26-17)13-21-23-24(22)28-19-12-6-3-9-16(19)25(23)15-8-2-5-11-18(15)27-21/h1-13H. The molecule has 4 heteroatoms. The Balaban J connectivity index is 1.67. The second-order valence-corrected chi connectivity index (χ2v) is 7.30. The number of benzene rings is 4. The Kier molecular flexibility index (Phi) is 2.57. The number of furan rings is 1. The average Bonchev–Trinajstić information content (AvgIpc) is 3.11. The van der Waals surface area contributed by atoms with Gasteiger partial charge >= 0.3 is 0 Å². The van der Waals surface area contributed by atoms with Gasteiger partial charge in [-0.15, -0.1) is 0 Å². The summed E-state index contributed by atoms with van der Waals surface area (Å²) in [5.41, 5.74) is 5.05. The smallest absolute Gasteiger partial charge is 0.260 e. The Morgan fingerprint density at radius 2 is 1.29 bits per heavy atom. The van der Waals surface area contributed by atoms with Gasteiger partial charge in [0.1, 0.15) is 34.2 Å². The van der Waals surface area contributed by atoms with Crippen molar-refractivity contribution in [2.75, 3.05) is 0 Å². The highest BCUT2D eigenvalue weighted by atomic mass is 16.5. The Morgan fingerprint density at radius 1 is 0.607 bits per heavy atom. The zero-order valence-electron chi connectivity index (χ0n) is 14.8.